The molecule has 3 aliphatic rings. The third-order valence-corrected chi connectivity index (χ3v) is 10.6. The van der Waals surface area contributed by atoms with Gasteiger partial charge < -0.3 is 18.6 Å². The van der Waals surface area contributed by atoms with Gasteiger partial charge in [-0.25, -0.2) is 0 Å². The summed E-state index contributed by atoms with van der Waals surface area (Å²) in [5.74, 6) is 0. The molecule has 0 unspecified atom stereocenters. The van der Waals surface area contributed by atoms with E-state index in [1.807, 2.05) is 0 Å². The van der Waals surface area contributed by atoms with Gasteiger partial charge in [-0.15, -0.1) is 0 Å². The molecule has 2 saturated heterocycles. The summed E-state index contributed by atoms with van der Waals surface area (Å²) in [5.41, 5.74) is 7.06. The van der Waals surface area contributed by atoms with E-state index in [4.69, 9.17) is 18.6 Å². The van der Waals surface area contributed by atoms with E-state index in [2.05, 4.69) is 152 Å². The number of benzene rings is 4. The monoisotopic (exact) mass is 570 g/mol. The molecule has 7 rings (SSSR count). The van der Waals surface area contributed by atoms with E-state index >= 15 is 0 Å². The summed E-state index contributed by atoms with van der Waals surface area (Å²) in [6.45, 7) is 16.8. The Kier molecular flexibility index (Phi) is 6.27. The predicted molar refractivity (Wildman–Crippen MR) is 175 cm³/mol. The van der Waals surface area contributed by atoms with Crippen LogP contribution in [-0.4, -0.2) is 36.6 Å². The fraction of sp³-hybridized carbons (Fsp3) is 0.351. The van der Waals surface area contributed by atoms with Crippen molar-refractivity contribution in [1.29, 1.82) is 0 Å². The minimum absolute atomic E-state index is 0.423. The van der Waals surface area contributed by atoms with Crippen LogP contribution in [0.15, 0.2) is 97.1 Å². The van der Waals surface area contributed by atoms with Crippen LogP contribution in [-0.2, 0) is 24.0 Å². The highest BCUT2D eigenvalue weighted by molar-refractivity contribution is 6.62. The zero-order chi connectivity index (χ0) is 30.4. The summed E-state index contributed by atoms with van der Waals surface area (Å²) in [7, 11) is -0.910. The van der Waals surface area contributed by atoms with E-state index in [0.29, 0.717) is 0 Å². The largest absolute Gasteiger partial charge is 0.494 e. The summed E-state index contributed by atoms with van der Waals surface area (Å²) in [6, 6.07) is 35.1. The highest BCUT2D eigenvalue weighted by Crippen LogP contribution is 2.56. The lowest BCUT2D eigenvalue weighted by Gasteiger charge is -2.34. The van der Waals surface area contributed by atoms with Gasteiger partial charge in [0.25, 0.3) is 0 Å². The first kappa shape index (κ1) is 28.6. The number of hydrogen-bond donors (Lipinski definition) is 0. The molecule has 0 N–H and O–H groups in total. The molecule has 2 fully saturated rings. The lowest BCUT2D eigenvalue weighted by molar-refractivity contribution is 0.00578. The first-order chi connectivity index (χ1) is 20.3. The van der Waals surface area contributed by atoms with Crippen molar-refractivity contribution in [2.75, 3.05) is 0 Å². The molecule has 43 heavy (non-hydrogen) atoms. The van der Waals surface area contributed by atoms with Gasteiger partial charge in [-0.2, -0.15) is 0 Å². The molecule has 2 heterocycles. The molecule has 0 saturated carbocycles. The Morgan fingerprint density at radius 1 is 0.419 bits per heavy atom. The average Bonchev–Trinajstić information content (AvgIpc) is 3.48. The van der Waals surface area contributed by atoms with Crippen LogP contribution in [0.1, 0.15) is 77.6 Å². The van der Waals surface area contributed by atoms with Crippen LogP contribution >= 0.6 is 0 Å². The SMILES string of the molecule is CC1(C)OB(c2ccc3c(c2)C(c2ccccc2)(c2ccccc2)c2cc(B4OC(C)(C)C(C)(C)O4)ccc2-3)OC1(C)C. The standard InChI is InChI=1S/C37H40B2O4/c1-33(2)34(3,4)41-38(40-33)27-19-21-29-30-22-20-28(39-42-35(5,6)36(7,8)43-39)24-32(30)37(31(29)23-27,25-15-11-9-12-16-25)26-17-13-10-14-18-26/h9-24H,1-8H3. The van der Waals surface area contributed by atoms with Crippen LogP contribution in [0.3, 0.4) is 0 Å². The molecule has 0 atom stereocenters. The van der Waals surface area contributed by atoms with Crippen LogP contribution in [0.25, 0.3) is 11.1 Å². The smallest absolute Gasteiger partial charge is 0.399 e. The molecular weight excluding hydrogens is 530 g/mol. The van der Waals surface area contributed by atoms with Crippen molar-refractivity contribution >= 4 is 25.2 Å². The average molecular weight is 570 g/mol. The van der Waals surface area contributed by atoms with Gasteiger partial charge in [0.1, 0.15) is 0 Å². The van der Waals surface area contributed by atoms with Crippen molar-refractivity contribution in [3.63, 3.8) is 0 Å². The van der Waals surface area contributed by atoms with Crippen molar-refractivity contribution in [3.8, 4) is 11.1 Å². The van der Waals surface area contributed by atoms with Gasteiger partial charge in [0, 0.05) is 0 Å². The third kappa shape index (κ3) is 4.14. The Morgan fingerprint density at radius 3 is 1.07 bits per heavy atom. The second-order valence-corrected chi connectivity index (χ2v) is 14.3. The molecule has 0 spiro atoms. The molecule has 218 valence electrons. The van der Waals surface area contributed by atoms with Crippen molar-refractivity contribution in [2.24, 2.45) is 0 Å². The summed E-state index contributed by atoms with van der Waals surface area (Å²) < 4.78 is 26.1. The van der Waals surface area contributed by atoms with E-state index in [-0.39, 0.29) is 0 Å². The van der Waals surface area contributed by atoms with Crippen LogP contribution in [0.5, 0.6) is 0 Å². The number of hydrogen-bond acceptors (Lipinski definition) is 4. The topological polar surface area (TPSA) is 36.9 Å². The Bertz CT molecular complexity index is 1540. The van der Waals surface area contributed by atoms with Crippen molar-refractivity contribution in [2.45, 2.75) is 83.2 Å². The quantitative estimate of drug-likeness (QED) is 0.227. The molecule has 0 bridgehead atoms. The van der Waals surface area contributed by atoms with E-state index < -0.39 is 42.1 Å². The summed E-state index contributed by atoms with van der Waals surface area (Å²) in [5, 5.41) is 0. The van der Waals surface area contributed by atoms with Crippen LogP contribution in [0.4, 0.5) is 0 Å². The molecule has 1 aliphatic carbocycles. The minimum atomic E-state index is -0.563. The van der Waals surface area contributed by atoms with Gasteiger partial charge >= 0.3 is 14.2 Å². The van der Waals surface area contributed by atoms with Crippen LogP contribution in [0, 0.1) is 0 Å². The zero-order valence-corrected chi connectivity index (χ0v) is 26.5. The molecule has 4 nitrogen and oxygen atoms in total. The zero-order valence-electron chi connectivity index (χ0n) is 26.5. The van der Waals surface area contributed by atoms with E-state index in [9.17, 15) is 0 Å². The highest BCUT2D eigenvalue weighted by Gasteiger charge is 2.54. The highest BCUT2D eigenvalue weighted by atomic mass is 16.7. The van der Waals surface area contributed by atoms with Crippen LogP contribution < -0.4 is 10.9 Å². The molecule has 0 amide bonds. The Hall–Kier alpha value is -3.15. The lowest BCUT2D eigenvalue weighted by Crippen LogP contribution is -2.41. The van der Waals surface area contributed by atoms with Gasteiger partial charge in [-0.1, -0.05) is 97.1 Å². The van der Waals surface area contributed by atoms with Gasteiger partial charge in [0.2, 0.25) is 0 Å². The molecule has 4 aromatic rings. The maximum absolute atomic E-state index is 6.54. The number of fused-ring (bicyclic) bond motifs is 3. The molecule has 4 aromatic carbocycles. The Balaban J connectivity index is 1.47. The van der Waals surface area contributed by atoms with Gasteiger partial charge in [0.05, 0.1) is 27.8 Å². The predicted octanol–water partition coefficient (Wildman–Crippen LogP) is 6.65. The van der Waals surface area contributed by atoms with Gasteiger partial charge in [0.15, 0.2) is 0 Å². The lowest BCUT2D eigenvalue weighted by atomic mass is 9.65. The summed E-state index contributed by atoms with van der Waals surface area (Å²) >= 11 is 0. The summed E-state index contributed by atoms with van der Waals surface area (Å²) in [6.07, 6.45) is 0. The molecule has 2 aliphatic heterocycles. The van der Waals surface area contributed by atoms with E-state index in [0.717, 1.165) is 10.9 Å². The summed E-state index contributed by atoms with van der Waals surface area (Å²) in [4.78, 5) is 0. The third-order valence-electron chi connectivity index (χ3n) is 10.6. The molecule has 0 radical (unpaired) electrons. The van der Waals surface area contributed by atoms with Crippen molar-refractivity contribution in [1.82, 2.24) is 0 Å². The van der Waals surface area contributed by atoms with Crippen molar-refractivity contribution < 1.29 is 18.6 Å². The normalized spacial score (nSPS) is 22.0. The van der Waals surface area contributed by atoms with Crippen molar-refractivity contribution in [3.05, 3.63) is 119 Å². The molecular formula is C37H40B2O4. The fourth-order valence-corrected chi connectivity index (χ4v) is 6.78. The first-order valence-electron chi connectivity index (χ1n) is 15.4. The van der Waals surface area contributed by atoms with E-state index in [1.54, 1.807) is 0 Å². The minimum Gasteiger partial charge on any atom is -0.399 e. The second-order valence-electron chi connectivity index (χ2n) is 14.3. The second kappa shape index (κ2) is 9.42. The molecule has 6 heteroatoms. The molecule has 0 aromatic heterocycles. The maximum atomic E-state index is 6.54. The number of rotatable bonds is 4. The Labute approximate surface area is 257 Å². The van der Waals surface area contributed by atoms with Crippen LogP contribution in [0.2, 0.25) is 0 Å². The fourth-order valence-electron chi connectivity index (χ4n) is 6.78. The first-order valence-corrected chi connectivity index (χ1v) is 15.4. The van der Waals surface area contributed by atoms with Gasteiger partial charge in [-0.05, 0) is 99.7 Å². The van der Waals surface area contributed by atoms with E-state index in [1.165, 1.54) is 33.4 Å². The van der Waals surface area contributed by atoms with Gasteiger partial charge in [-0.3, -0.25) is 0 Å². The Morgan fingerprint density at radius 2 is 0.744 bits per heavy atom. The maximum Gasteiger partial charge on any atom is 0.494 e.